The zero-order valence-corrected chi connectivity index (χ0v) is 30.9. The van der Waals surface area contributed by atoms with Crippen LogP contribution in [-0.4, -0.2) is 19.3 Å². The van der Waals surface area contributed by atoms with Gasteiger partial charge in [-0.15, -0.1) is 0 Å². The molecule has 0 radical (unpaired) electrons. The van der Waals surface area contributed by atoms with Crippen LogP contribution in [0, 0.1) is 20.8 Å². The first-order valence-corrected chi connectivity index (χ1v) is 17.9. The molecule has 7 aromatic rings. The van der Waals surface area contributed by atoms with E-state index in [2.05, 4.69) is 163 Å². The predicted molar refractivity (Wildman–Crippen MR) is 209 cm³/mol. The number of para-hydroxylation sites is 1. The van der Waals surface area contributed by atoms with Crippen LogP contribution in [0.1, 0.15) is 87.5 Å². The molecule has 0 amide bonds. The smallest absolute Gasteiger partial charge is 0.137 e. The van der Waals surface area contributed by atoms with Gasteiger partial charge >= 0.3 is 0 Å². The number of aromatic nitrogens is 4. The number of aryl methyl sites for hydroxylation is 4. The van der Waals surface area contributed by atoms with Crippen molar-refractivity contribution in [2.24, 2.45) is 0 Å². The minimum atomic E-state index is -0.166. The molecule has 0 unspecified atom stereocenters. The fourth-order valence-electron chi connectivity index (χ4n) is 7.46. The Balaban J connectivity index is 1.37. The lowest BCUT2D eigenvalue weighted by molar-refractivity contribution is 0.480. The molecule has 0 aliphatic carbocycles. The molecule has 0 saturated carbocycles. The molecule has 50 heavy (non-hydrogen) atoms. The van der Waals surface area contributed by atoms with E-state index in [1.54, 1.807) is 0 Å². The fraction of sp³-hybridized carbons (Fsp3) is 0.289. The maximum absolute atomic E-state index is 6.80. The van der Waals surface area contributed by atoms with Crippen LogP contribution in [0.4, 0.5) is 0 Å². The lowest BCUT2D eigenvalue weighted by Crippen LogP contribution is -2.19. The van der Waals surface area contributed by atoms with E-state index in [0.717, 1.165) is 52.6 Å². The first-order chi connectivity index (χ1) is 23.9. The Morgan fingerprint density at radius 1 is 0.740 bits per heavy atom. The highest BCUT2D eigenvalue weighted by Crippen LogP contribution is 2.41. The maximum Gasteiger partial charge on any atom is 0.137 e. The third kappa shape index (κ3) is 6.00. The first kappa shape index (κ1) is 33.3. The standard InChI is InChI=1S/C45H48N4O/c1-10-14-32-21-22-46-41(23-32)48-39-18-12-11-17-37(39)38-20-19-35(27-40(38)48)50-36-25-33(28(2)3)24-34(26-36)49-44(45(7,8)9)43(31(6)47-49)42-29(4)15-13-16-30(42)5/h11-13,15-28H,10,14H2,1-9H3. The van der Waals surface area contributed by atoms with Crippen molar-refractivity contribution in [2.45, 2.75) is 86.5 Å². The maximum atomic E-state index is 6.80. The summed E-state index contributed by atoms with van der Waals surface area (Å²) in [6, 6.07) is 32.4. The highest BCUT2D eigenvalue weighted by Gasteiger charge is 2.29. The van der Waals surface area contributed by atoms with E-state index in [-0.39, 0.29) is 5.41 Å². The SMILES string of the molecule is CCCc1ccnc(-n2c3ccccc3c3ccc(Oc4cc(C(C)C)cc(-n5nc(C)c(-c6c(C)cccc6C)c5C(C)(C)C)c4)cc32)c1. The summed E-state index contributed by atoms with van der Waals surface area (Å²) in [5.41, 5.74) is 12.8. The summed E-state index contributed by atoms with van der Waals surface area (Å²) < 4.78 is 11.2. The van der Waals surface area contributed by atoms with E-state index in [0.29, 0.717) is 5.92 Å². The fourth-order valence-corrected chi connectivity index (χ4v) is 7.46. The van der Waals surface area contributed by atoms with E-state index >= 15 is 0 Å². The van der Waals surface area contributed by atoms with E-state index in [4.69, 9.17) is 14.8 Å². The van der Waals surface area contributed by atoms with Crippen molar-refractivity contribution in [3.8, 4) is 34.1 Å². The van der Waals surface area contributed by atoms with Gasteiger partial charge in [0.2, 0.25) is 0 Å². The number of benzene rings is 4. The minimum Gasteiger partial charge on any atom is -0.457 e. The third-order valence-corrected chi connectivity index (χ3v) is 9.79. The quantitative estimate of drug-likeness (QED) is 0.163. The molecule has 0 fully saturated rings. The van der Waals surface area contributed by atoms with Gasteiger partial charge in [0.25, 0.3) is 0 Å². The normalized spacial score (nSPS) is 12.0. The van der Waals surface area contributed by atoms with Gasteiger partial charge < -0.3 is 4.74 Å². The Bertz CT molecular complexity index is 2350. The Hall–Kier alpha value is -5.16. The van der Waals surface area contributed by atoms with Gasteiger partial charge in [-0.2, -0.15) is 5.10 Å². The summed E-state index contributed by atoms with van der Waals surface area (Å²) in [6.45, 7) is 20.0. The van der Waals surface area contributed by atoms with Crippen LogP contribution in [0.3, 0.4) is 0 Å². The average molecular weight is 661 g/mol. The molecule has 5 heteroatoms. The Labute approximate surface area is 296 Å². The monoisotopic (exact) mass is 660 g/mol. The zero-order chi connectivity index (χ0) is 35.3. The Morgan fingerprint density at radius 2 is 1.48 bits per heavy atom. The molecule has 0 saturated heterocycles. The molecule has 3 aromatic heterocycles. The minimum absolute atomic E-state index is 0.166. The molecule has 0 aliphatic rings. The van der Waals surface area contributed by atoms with Gasteiger partial charge in [0, 0.05) is 40.1 Å². The van der Waals surface area contributed by atoms with Crippen LogP contribution in [0.5, 0.6) is 11.5 Å². The number of fused-ring (bicyclic) bond motifs is 3. The van der Waals surface area contributed by atoms with Crippen LogP contribution >= 0.6 is 0 Å². The van der Waals surface area contributed by atoms with Gasteiger partial charge in [0.15, 0.2) is 0 Å². The number of hydrogen-bond acceptors (Lipinski definition) is 3. The van der Waals surface area contributed by atoms with E-state index in [9.17, 15) is 0 Å². The molecule has 0 bridgehead atoms. The second kappa shape index (κ2) is 12.9. The number of pyridine rings is 1. The first-order valence-electron chi connectivity index (χ1n) is 17.9. The molecule has 0 atom stereocenters. The molecular weight excluding hydrogens is 613 g/mol. The van der Waals surface area contributed by atoms with Crippen molar-refractivity contribution >= 4 is 21.8 Å². The topological polar surface area (TPSA) is 44.9 Å². The summed E-state index contributed by atoms with van der Waals surface area (Å²) in [5.74, 6) is 2.79. The average Bonchev–Trinajstić information content (AvgIpc) is 3.59. The summed E-state index contributed by atoms with van der Waals surface area (Å²) in [7, 11) is 0. The molecule has 254 valence electrons. The Morgan fingerprint density at radius 3 is 2.20 bits per heavy atom. The number of nitrogens with zero attached hydrogens (tertiary/aromatic N) is 4. The van der Waals surface area contributed by atoms with Crippen molar-refractivity contribution in [3.05, 3.63) is 131 Å². The summed E-state index contributed by atoms with van der Waals surface area (Å²) in [5, 5.41) is 7.61. The van der Waals surface area contributed by atoms with Crippen LogP contribution in [0.25, 0.3) is 44.4 Å². The molecule has 7 rings (SSSR count). The van der Waals surface area contributed by atoms with Gasteiger partial charge in [-0.1, -0.05) is 84.4 Å². The highest BCUT2D eigenvalue weighted by atomic mass is 16.5. The van der Waals surface area contributed by atoms with Gasteiger partial charge in [-0.3, -0.25) is 4.57 Å². The summed E-state index contributed by atoms with van der Waals surface area (Å²) in [4.78, 5) is 4.84. The number of ether oxygens (including phenoxy) is 1. The second-order valence-corrected chi connectivity index (χ2v) is 15.1. The van der Waals surface area contributed by atoms with E-state index in [1.807, 2.05) is 6.20 Å². The molecule has 5 nitrogen and oxygen atoms in total. The second-order valence-electron chi connectivity index (χ2n) is 15.1. The largest absolute Gasteiger partial charge is 0.457 e. The van der Waals surface area contributed by atoms with Crippen molar-refractivity contribution < 1.29 is 4.74 Å². The molecular formula is C45H48N4O. The molecule has 0 aliphatic heterocycles. The van der Waals surface area contributed by atoms with Crippen LogP contribution in [0.2, 0.25) is 0 Å². The van der Waals surface area contributed by atoms with Gasteiger partial charge in [0.05, 0.1) is 28.1 Å². The molecule has 0 N–H and O–H groups in total. The summed E-state index contributed by atoms with van der Waals surface area (Å²) in [6.07, 6.45) is 4.04. The predicted octanol–water partition coefficient (Wildman–Crippen LogP) is 12.1. The van der Waals surface area contributed by atoms with Crippen molar-refractivity contribution in [1.29, 1.82) is 0 Å². The highest BCUT2D eigenvalue weighted by molar-refractivity contribution is 6.09. The van der Waals surface area contributed by atoms with Crippen LogP contribution in [-0.2, 0) is 11.8 Å². The van der Waals surface area contributed by atoms with Gasteiger partial charge in [0.1, 0.15) is 17.3 Å². The van der Waals surface area contributed by atoms with Gasteiger partial charge in [-0.05, 0) is 103 Å². The van der Waals surface area contributed by atoms with Gasteiger partial charge in [-0.25, -0.2) is 9.67 Å². The number of rotatable bonds is 8. The van der Waals surface area contributed by atoms with Crippen LogP contribution in [0.15, 0.2) is 97.2 Å². The third-order valence-electron chi connectivity index (χ3n) is 9.79. The lowest BCUT2D eigenvalue weighted by atomic mass is 9.83. The Kier molecular flexibility index (Phi) is 8.63. The number of hydrogen-bond donors (Lipinski definition) is 0. The van der Waals surface area contributed by atoms with E-state index in [1.165, 1.54) is 49.8 Å². The molecule has 0 spiro atoms. The van der Waals surface area contributed by atoms with Crippen molar-refractivity contribution in [3.63, 3.8) is 0 Å². The molecule has 3 heterocycles. The summed E-state index contributed by atoms with van der Waals surface area (Å²) >= 11 is 0. The zero-order valence-electron chi connectivity index (χ0n) is 30.9. The van der Waals surface area contributed by atoms with Crippen molar-refractivity contribution in [1.82, 2.24) is 19.3 Å². The van der Waals surface area contributed by atoms with Crippen molar-refractivity contribution in [2.75, 3.05) is 0 Å². The molecule has 4 aromatic carbocycles. The van der Waals surface area contributed by atoms with E-state index < -0.39 is 0 Å². The van der Waals surface area contributed by atoms with Crippen LogP contribution < -0.4 is 4.74 Å². The lowest BCUT2D eigenvalue weighted by Gasteiger charge is -2.24.